The van der Waals surface area contributed by atoms with E-state index >= 15 is 0 Å². The highest BCUT2D eigenvalue weighted by molar-refractivity contribution is 5.81. The molecule has 24 heavy (non-hydrogen) atoms. The Balaban J connectivity index is 2.80. The van der Waals surface area contributed by atoms with Crippen LogP contribution in [0.15, 0.2) is 16.8 Å². The minimum Gasteiger partial charge on any atom is -0.467 e. The van der Waals surface area contributed by atoms with E-state index in [-0.39, 0.29) is 0 Å². The van der Waals surface area contributed by atoms with Crippen molar-refractivity contribution in [3.05, 3.63) is 22.1 Å². The van der Waals surface area contributed by atoms with E-state index < -0.39 is 23.7 Å². The number of azide groups is 1. The Morgan fingerprint density at radius 2 is 2.17 bits per heavy atom. The zero-order valence-corrected chi connectivity index (χ0v) is 14.8. The lowest BCUT2D eigenvalue weighted by molar-refractivity contribution is -0.146. The van der Waals surface area contributed by atoms with Crippen molar-refractivity contribution in [3.8, 4) is 0 Å². The first-order valence-electron chi connectivity index (χ1n) is 8.04. The van der Waals surface area contributed by atoms with Gasteiger partial charge in [-0.2, -0.15) is 0 Å². The van der Waals surface area contributed by atoms with Crippen molar-refractivity contribution in [2.75, 3.05) is 20.2 Å². The molecular weight excluding hydrogens is 312 g/mol. The molecule has 1 amide bonds. The Bertz CT molecular complexity index is 533. The van der Waals surface area contributed by atoms with E-state index in [2.05, 4.69) is 10.0 Å². The average Bonchev–Trinajstić information content (AvgIpc) is 2.72. The number of carbonyl (C=O) groups is 2. The minimum absolute atomic E-state index is 0.391. The highest BCUT2D eigenvalue weighted by Gasteiger charge is 2.34. The molecule has 0 N–H and O–H groups in total. The largest absolute Gasteiger partial charge is 0.467 e. The zero-order valence-electron chi connectivity index (χ0n) is 14.8. The van der Waals surface area contributed by atoms with Gasteiger partial charge in [0.25, 0.3) is 0 Å². The predicted molar refractivity (Wildman–Crippen MR) is 89.3 cm³/mol. The molecule has 0 aromatic heterocycles. The molecule has 0 aromatic rings. The number of methoxy groups -OCH3 is 1. The van der Waals surface area contributed by atoms with Gasteiger partial charge in [-0.3, -0.25) is 4.90 Å². The van der Waals surface area contributed by atoms with Crippen LogP contribution >= 0.6 is 0 Å². The van der Waals surface area contributed by atoms with E-state index in [1.807, 2.05) is 6.08 Å². The highest BCUT2D eigenvalue weighted by atomic mass is 16.6. The molecule has 0 aliphatic carbocycles. The van der Waals surface area contributed by atoms with Gasteiger partial charge in [-0.25, -0.2) is 9.59 Å². The Morgan fingerprint density at radius 3 is 2.75 bits per heavy atom. The van der Waals surface area contributed by atoms with E-state index in [0.29, 0.717) is 25.9 Å². The van der Waals surface area contributed by atoms with Crippen molar-refractivity contribution in [2.24, 2.45) is 5.11 Å². The van der Waals surface area contributed by atoms with Gasteiger partial charge in [0.2, 0.25) is 0 Å². The summed E-state index contributed by atoms with van der Waals surface area (Å²) in [6.07, 6.45) is 4.02. The number of amides is 1. The van der Waals surface area contributed by atoms with Crippen LogP contribution in [-0.4, -0.2) is 48.8 Å². The molecule has 1 aliphatic heterocycles. The van der Waals surface area contributed by atoms with Gasteiger partial charge in [-0.15, -0.1) is 0 Å². The first-order chi connectivity index (χ1) is 11.3. The second-order valence-electron chi connectivity index (χ2n) is 6.62. The number of carbonyl (C=O) groups excluding carboxylic acids is 2. The lowest BCUT2D eigenvalue weighted by Gasteiger charge is -2.30. The second-order valence-corrected chi connectivity index (χ2v) is 6.62. The lowest BCUT2D eigenvalue weighted by atomic mass is 10.1. The fraction of sp³-hybridized carbons (Fsp3) is 0.750. The van der Waals surface area contributed by atoms with Crippen LogP contribution in [0.2, 0.25) is 0 Å². The molecule has 0 spiro atoms. The molecule has 1 rings (SSSR count). The molecule has 0 fully saturated rings. The van der Waals surface area contributed by atoms with Gasteiger partial charge in [0.15, 0.2) is 0 Å². The quantitative estimate of drug-likeness (QED) is 0.191. The molecule has 1 aliphatic rings. The van der Waals surface area contributed by atoms with Crippen LogP contribution < -0.4 is 0 Å². The topological polar surface area (TPSA) is 105 Å². The molecule has 0 saturated carbocycles. The molecular formula is C16H26N4O4. The van der Waals surface area contributed by atoms with E-state index in [1.54, 1.807) is 20.8 Å². The maximum Gasteiger partial charge on any atom is 0.411 e. The molecule has 0 bridgehead atoms. The lowest BCUT2D eigenvalue weighted by Crippen LogP contribution is -2.47. The predicted octanol–water partition coefficient (Wildman–Crippen LogP) is 3.58. The molecule has 0 aromatic carbocycles. The number of hydrogen-bond donors (Lipinski definition) is 0. The maximum atomic E-state index is 12.4. The van der Waals surface area contributed by atoms with Crippen molar-refractivity contribution >= 4 is 12.1 Å². The number of nitrogens with zero attached hydrogens (tertiary/aromatic N) is 4. The van der Waals surface area contributed by atoms with E-state index in [0.717, 1.165) is 18.4 Å². The summed E-state index contributed by atoms with van der Waals surface area (Å²) in [6, 6.07) is -0.681. The van der Waals surface area contributed by atoms with Gasteiger partial charge in [0.05, 0.1) is 7.11 Å². The SMILES string of the molecule is COC(=O)[C@@H]1CC=C(CCCN=[N+]=[N-])CCN1C(=O)OC(C)(C)C. The van der Waals surface area contributed by atoms with Crippen LogP contribution in [-0.2, 0) is 14.3 Å². The molecule has 8 heteroatoms. The van der Waals surface area contributed by atoms with Gasteiger partial charge in [0, 0.05) is 18.0 Å². The zero-order chi connectivity index (χ0) is 18.2. The molecule has 1 heterocycles. The minimum atomic E-state index is -0.681. The summed E-state index contributed by atoms with van der Waals surface area (Å²) >= 11 is 0. The van der Waals surface area contributed by atoms with Gasteiger partial charge in [-0.05, 0) is 52.0 Å². The van der Waals surface area contributed by atoms with Crippen LogP contribution in [0.5, 0.6) is 0 Å². The Morgan fingerprint density at radius 1 is 1.46 bits per heavy atom. The Kier molecular flexibility index (Phi) is 7.58. The molecule has 8 nitrogen and oxygen atoms in total. The fourth-order valence-corrected chi connectivity index (χ4v) is 2.47. The fourth-order valence-electron chi connectivity index (χ4n) is 2.47. The highest BCUT2D eigenvalue weighted by Crippen LogP contribution is 2.23. The van der Waals surface area contributed by atoms with E-state index in [4.69, 9.17) is 15.0 Å². The van der Waals surface area contributed by atoms with Crippen molar-refractivity contribution in [2.45, 2.75) is 58.1 Å². The molecule has 0 saturated heterocycles. The summed E-state index contributed by atoms with van der Waals surface area (Å²) in [5.74, 6) is -0.451. The smallest absolute Gasteiger partial charge is 0.411 e. The van der Waals surface area contributed by atoms with E-state index in [1.165, 1.54) is 12.0 Å². The standard InChI is InChI=1S/C16H26N4O4/c1-16(2,3)24-15(22)20-11-9-12(6-5-10-18-19-17)7-8-13(20)14(21)23-4/h7,13H,5-6,8-11H2,1-4H3/t13-/m0/s1. The number of ether oxygens (including phenoxy) is 2. The second kappa shape index (κ2) is 9.17. The normalized spacial score (nSPS) is 18.1. The molecule has 0 radical (unpaired) electrons. The third-order valence-electron chi connectivity index (χ3n) is 3.60. The summed E-state index contributed by atoms with van der Waals surface area (Å²) < 4.78 is 10.2. The van der Waals surface area contributed by atoms with Crippen molar-refractivity contribution in [1.29, 1.82) is 0 Å². The van der Waals surface area contributed by atoms with Crippen LogP contribution in [0.25, 0.3) is 10.4 Å². The van der Waals surface area contributed by atoms with Crippen LogP contribution in [0.4, 0.5) is 4.79 Å². The van der Waals surface area contributed by atoms with Gasteiger partial charge < -0.3 is 9.47 Å². The Hall–Kier alpha value is -2.21. The van der Waals surface area contributed by atoms with Gasteiger partial charge in [-0.1, -0.05) is 16.8 Å². The van der Waals surface area contributed by atoms with E-state index in [9.17, 15) is 9.59 Å². The summed E-state index contributed by atoms with van der Waals surface area (Å²) in [4.78, 5) is 28.6. The van der Waals surface area contributed by atoms with Gasteiger partial charge in [0.1, 0.15) is 11.6 Å². The molecule has 1 atom stereocenters. The van der Waals surface area contributed by atoms with Gasteiger partial charge >= 0.3 is 12.1 Å². The third kappa shape index (κ3) is 6.50. The summed E-state index contributed by atoms with van der Waals surface area (Å²) in [5.41, 5.74) is 8.81. The first-order valence-corrected chi connectivity index (χ1v) is 8.04. The molecule has 134 valence electrons. The van der Waals surface area contributed by atoms with Crippen LogP contribution in [0, 0.1) is 0 Å². The summed E-state index contributed by atoms with van der Waals surface area (Å²) in [5, 5.41) is 3.51. The van der Waals surface area contributed by atoms with Crippen LogP contribution in [0.1, 0.15) is 46.5 Å². The summed E-state index contributed by atoms with van der Waals surface area (Å²) in [6.45, 7) is 6.19. The van der Waals surface area contributed by atoms with Crippen molar-refractivity contribution in [3.63, 3.8) is 0 Å². The molecule has 0 unspecified atom stereocenters. The third-order valence-corrected chi connectivity index (χ3v) is 3.60. The maximum absolute atomic E-state index is 12.4. The Labute approximate surface area is 142 Å². The summed E-state index contributed by atoms with van der Waals surface area (Å²) in [7, 11) is 1.31. The first kappa shape index (κ1) is 19.8. The van der Waals surface area contributed by atoms with Crippen molar-refractivity contribution in [1.82, 2.24) is 4.90 Å². The number of esters is 1. The monoisotopic (exact) mass is 338 g/mol. The average molecular weight is 338 g/mol. The number of hydrogen-bond acceptors (Lipinski definition) is 5. The number of rotatable bonds is 5. The van der Waals surface area contributed by atoms with Crippen LogP contribution in [0.3, 0.4) is 0 Å². The van der Waals surface area contributed by atoms with Crippen molar-refractivity contribution < 1.29 is 19.1 Å².